The number of rotatable bonds is 3. The summed E-state index contributed by atoms with van der Waals surface area (Å²) in [6, 6.07) is 9.97. The van der Waals surface area contributed by atoms with E-state index in [9.17, 15) is 0 Å². The molecule has 0 aliphatic heterocycles. The summed E-state index contributed by atoms with van der Waals surface area (Å²) in [6.07, 6.45) is 1.74. The summed E-state index contributed by atoms with van der Waals surface area (Å²) in [4.78, 5) is 8.44. The van der Waals surface area contributed by atoms with Crippen LogP contribution in [0.5, 0.6) is 0 Å². The highest BCUT2D eigenvalue weighted by Gasteiger charge is 1.99. The molecular formula is C12H12BrN3. The maximum absolute atomic E-state index is 4.26. The maximum atomic E-state index is 4.26. The predicted molar refractivity (Wildman–Crippen MR) is 68.2 cm³/mol. The molecule has 0 aliphatic rings. The molecule has 2 rings (SSSR count). The quantitative estimate of drug-likeness (QED) is 0.876. The molecule has 0 spiro atoms. The van der Waals surface area contributed by atoms with Gasteiger partial charge in [-0.2, -0.15) is 0 Å². The SMILES string of the molecule is Cc1ccccc1NCc1nccc(Br)n1. The third kappa shape index (κ3) is 2.79. The number of nitrogens with zero attached hydrogens (tertiary/aromatic N) is 2. The van der Waals surface area contributed by atoms with Gasteiger partial charge in [0.25, 0.3) is 0 Å². The van der Waals surface area contributed by atoms with E-state index >= 15 is 0 Å². The van der Waals surface area contributed by atoms with Crippen LogP contribution in [0.1, 0.15) is 11.4 Å². The predicted octanol–water partition coefficient (Wildman–Crippen LogP) is 3.16. The third-order valence-electron chi connectivity index (χ3n) is 2.25. The Balaban J connectivity index is 2.05. The van der Waals surface area contributed by atoms with Crippen molar-refractivity contribution in [3.8, 4) is 0 Å². The number of hydrogen-bond donors (Lipinski definition) is 1. The van der Waals surface area contributed by atoms with Gasteiger partial charge in [0.1, 0.15) is 10.4 Å². The minimum Gasteiger partial charge on any atom is -0.378 e. The first-order valence-electron chi connectivity index (χ1n) is 5.02. The van der Waals surface area contributed by atoms with Crippen molar-refractivity contribution in [3.05, 3.63) is 52.5 Å². The average Bonchev–Trinajstić information content (AvgIpc) is 2.28. The van der Waals surface area contributed by atoms with E-state index in [1.54, 1.807) is 6.20 Å². The molecule has 0 unspecified atom stereocenters. The molecule has 4 heteroatoms. The van der Waals surface area contributed by atoms with Gasteiger partial charge in [-0.1, -0.05) is 18.2 Å². The molecule has 16 heavy (non-hydrogen) atoms. The van der Waals surface area contributed by atoms with Crippen LogP contribution < -0.4 is 5.32 Å². The van der Waals surface area contributed by atoms with E-state index in [0.29, 0.717) is 6.54 Å². The van der Waals surface area contributed by atoms with Crippen molar-refractivity contribution in [2.24, 2.45) is 0 Å². The largest absolute Gasteiger partial charge is 0.378 e. The van der Waals surface area contributed by atoms with Gasteiger partial charge in [0, 0.05) is 11.9 Å². The molecule has 1 heterocycles. The van der Waals surface area contributed by atoms with Crippen molar-refractivity contribution in [2.45, 2.75) is 13.5 Å². The summed E-state index contributed by atoms with van der Waals surface area (Å²) in [7, 11) is 0. The highest BCUT2D eigenvalue weighted by atomic mass is 79.9. The molecule has 2 aromatic rings. The van der Waals surface area contributed by atoms with E-state index < -0.39 is 0 Å². The van der Waals surface area contributed by atoms with Gasteiger partial charge >= 0.3 is 0 Å². The summed E-state index contributed by atoms with van der Waals surface area (Å²) in [5, 5.41) is 3.31. The van der Waals surface area contributed by atoms with Gasteiger partial charge in [-0.05, 0) is 40.5 Å². The number of benzene rings is 1. The first-order chi connectivity index (χ1) is 7.75. The fourth-order valence-corrected chi connectivity index (χ4v) is 1.73. The van der Waals surface area contributed by atoms with Crippen LogP contribution in [-0.2, 0) is 6.54 Å². The van der Waals surface area contributed by atoms with Crippen LogP contribution in [0.25, 0.3) is 0 Å². The van der Waals surface area contributed by atoms with Gasteiger partial charge in [0.2, 0.25) is 0 Å². The summed E-state index contributed by atoms with van der Waals surface area (Å²) in [5.41, 5.74) is 2.34. The van der Waals surface area contributed by atoms with Crippen molar-refractivity contribution in [1.29, 1.82) is 0 Å². The van der Waals surface area contributed by atoms with E-state index in [1.807, 2.05) is 24.3 Å². The van der Waals surface area contributed by atoms with Crippen molar-refractivity contribution < 1.29 is 0 Å². The summed E-state index contributed by atoms with van der Waals surface area (Å²) in [5.74, 6) is 0.776. The molecule has 1 N–H and O–H groups in total. The number of hydrogen-bond acceptors (Lipinski definition) is 3. The Morgan fingerprint density at radius 2 is 2.06 bits per heavy atom. The zero-order valence-electron chi connectivity index (χ0n) is 8.94. The highest BCUT2D eigenvalue weighted by molar-refractivity contribution is 9.10. The standard InChI is InChI=1S/C12H12BrN3/c1-9-4-2-3-5-10(9)15-8-12-14-7-6-11(13)16-12/h2-7,15H,8H2,1H3. The molecule has 1 aromatic carbocycles. The van der Waals surface area contributed by atoms with Crippen molar-refractivity contribution in [1.82, 2.24) is 9.97 Å². The average molecular weight is 278 g/mol. The maximum Gasteiger partial charge on any atom is 0.148 e. The summed E-state index contributed by atoms with van der Waals surface area (Å²) in [6.45, 7) is 2.70. The second-order valence-corrected chi connectivity index (χ2v) is 4.28. The molecule has 0 fully saturated rings. The van der Waals surface area contributed by atoms with Gasteiger partial charge in [0.05, 0.1) is 6.54 Å². The lowest BCUT2D eigenvalue weighted by Gasteiger charge is -2.08. The third-order valence-corrected chi connectivity index (χ3v) is 2.70. The van der Waals surface area contributed by atoms with E-state index in [4.69, 9.17) is 0 Å². The lowest BCUT2D eigenvalue weighted by Crippen LogP contribution is -2.04. The van der Waals surface area contributed by atoms with Gasteiger partial charge in [-0.25, -0.2) is 9.97 Å². The molecule has 0 saturated heterocycles. The summed E-state index contributed by atoms with van der Waals surface area (Å²) >= 11 is 3.32. The molecule has 82 valence electrons. The lowest BCUT2D eigenvalue weighted by atomic mass is 10.2. The minimum atomic E-state index is 0.629. The van der Waals surface area contributed by atoms with Crippen LogP contribution in [0.3, 0.4) is 0 Å². The lowest BCUT2D eigenvalue weighted by molar-refractivity contribution is 0.935. The number of nitrogens with one attached hydrogen (secondary N) is 1. The Labute approximate surface area is 103 Å². The Morgan fingerprint density at radius 1 is 1.25 bits per heavy atom. The van der Waals surface area contributed by atoms with E-state index in [0.717, 1.165) is 16.1 Å². The van der Waals surface area contributed by atoms with Gasteiger partial charge < -0.3 is 5.32 Å². The molecule has 0 saturated carbocycles. The fraction of sp³-hybridized carbons (Fsp3) is 0.167. The van der Waals surface area contributed by atoms with Gasteiger partial charge in [-0.15, -0.1) is 0 Å². The molecule has 0 amide bonds. The smallest absolute Gasteiger partial charge is 0.148 e. The van der Waals surface area contributed by atoms with Gasteiger partial charge in [-0.3, -0.25) is 0 Å². The number of anilines is 1. The molecule has 3 nitrogen and oxygen atoms in total. The Kier molecular flexibility index (Phi) is 3.51. The van der Waals surface area contributed by atoms with E-state index in [2.05, 4.69) is 44.2 Å². The molecule has 0 radical (unpaired) electrons. The normalized spacial score (nSPS) is 10.1. The Bertz CT molecular complexity index is 485. The van der Waals surface area contributed by atoms with E-state index in [1.165, 1.54) is 5.56 Å². The second kappa shape index (κ2) is 5.07. The van der Waals surface area contributed by atoms with Crippen LogP contribution in [0.15, 0.2) is 41.1 Å². The topological polar surface area (TPSA) is 37.8 Å². The van der Waals surface area contributed by atoms with E-state index in [-0.39, 0.29) is 0 Å². The molecule has 0 atom stereocenters. The summed E-state index contributed by atoms with van der Waals surface area (Å²) < 4.78 is 0.809. The van der Waals surface area contributed by atoms with Crippen molar-refractivity contribution in [2.75, 3.05) is 5.32 Å². The first-order valence-corrected chi connectivity index (χ1v) is 5.82. The van der Waals surface area contributed by atoms with Gasteiger partial charge in [0.15, 0.2) is 0 Å². The zero-order chi connectivity index (χ0) is 11.4. The molecular weight excluding hydrogens is 266 g/mol. The van der Waals surface area contributed by atoms with Crippen molar-refractivity contribution >= 4 is 21.6 Å². The number of aromatic nitrogens is 2. The Hall–Kier alpha value is -1.42. The van der Waals surface area contributed by atoms with Crippen LogP contribution in [0.2, 0.25) is 0 Å². The van der Waals surface area contributed by atoms with Crippen molar-refractivity contribution in [3.63, 3.8) is 0 Å². The van der Waals surface area contributed by atoms with Crippen LogP contribution in [0, 0.1) is 6.92 Å². The molecule has 0 bridgehead atoms. The Morgan fingerprint density at radius 3 is 2.81 bits per heavy atom. The highest BCUT2D eigenvalue weighted by Crippen LogP contribution is 2.14. The number of para-hydroxylation sites is 1. The zero-order valence-corrected chi connectivity index (χ0v) is 10.5. The second-order valence-electron chi connectivity index (χ2n) is 3.46. The minimum absolute atomic E-state index is 0.629. The first kappa shape index (κ1) is 11.1. The number of halogens is 1. The van der Waals surface area contributed by atoms with Crippen LogP contribution in [0.4, 0.5) is 5.69 Å². The number of aryl methyl sites for hydroxylation is 1. The van der Waals surface area contributed by atoms with Crippen LogP contribution >= 0.6 is 15.9 Å². The molecule has 1 aromatic heterocycles. The molecule has 0 aliphatic carbocycles. The monoisotopic (exact) mass is 277 g/mol. The van der Waals surface area contributed by atoms with Crippen LogP contribution in [-0.4, -0.2) is 9.97 Å². The fourth-order valence-electron chi connectivity index (χ4n) is 1.40.